The normalized spacial score (nSPS) is 17.5. The van der Waals surface area contributed by atoms with Crippen molar-refractivity contribution in [3.05, 3.63) is 23.9 Å². The number of carbonyl (C=O) groups is 1. The summed E-state index contributed by atoms with van der Waals surface area (Å²) < 4.78 is 5.32. The first-order chi connectivity index (χ1) is 9.66. The molecule has 1 saturated heterocycles. The number of pyridine rings is 1. The van der Waals surface area contributed by atoms with Crippen molar-refractivity contribution in [3.63, 3.8) is 0 Å². The summed E-state index contributed by atoms with van der Waals surface area (Å²) in [7, 11) is 0. The predicted octanol–water partition coefficient (Wildman–Crippen LogP) is 1.23. The van der Waals surface area contributed by atoms with Gasteiger partial charge in [-0.15, -0.1) is 0 Å². The summed E-state index contributed by atoms with van der Waals surface area (Å²) in [6.45, 7) is 8.01. The maximum atomic E-state index is 11.8. The van der Waals surface area contributed by atoms with Crippen LogP contribution in [0.25, 0.3) is 0 Å². The van der Waals surface area contributed by atoms with Gasteiger partial charge in [-0.2, -0.15) is 0 Å². The molecule has 0 aliphatic carbocycles. The fraction of sp³-hybridized carbons (Fsp3) is 0.571. The number of aromatic nitrogens is 1. The van der Waals surface area contributed by atoms with Crippen molar-refractivity contribution in [1.82, 2.24) is 15.2 Å². The first-order valence-electron chi connectivity index (χ1n) is 6.95. The van der Waals surface area contributed by atoms with E-state index in [1.165, 1.54) is 0 Å². The monoisotopic (exact) mass is 278 g/mol. The van der Waals surface area contributed by atoms with Gasteiger partial charge in [-0.3, -0.25) is 10.2 Å². The Morgan fingerprint density at radius 3 is 2.95 bits per heavy atom. The summed E-state index contributed by atoms with van der Waals surface area (Å²) in [5.41, 5.74) is 0.948. The molecule has 1 aromatic rings. The average molecular weight is 278 g/mol. The molecule has 1 fully saturated rings. The Bertz CT molecular complexity index is 447. The zero-order valence-electron chi connectivity index (χ0n) is 12.1. The van der Waals surface area contributed by atoms with E-state index < -0.39 is 0 Å². The van der Waals surface area contributed by atoms with Gasteiger partial charge in [0.25, 0.3) is 0 Å². The van der Waals surface area contributed by atoms with Crippen molar-refractivity contribution in [2.45, 2.75) is 19.9 Å². The largest absolute Gasteiger partial charge is 0.379 e. The van der Waals surface area contributed by atoms with Gasteiger partial charge in [0.15, 0.2) is 0 Å². The quantitative estimate of drug-likeness (QED) is 0.869. The van der Waals surface area contributed by atoms with Crippen molar-refractivity contribution >= 4 is 11.8 Å². The van der Waals surface area contributed by atoms with E-state index in [1.807, 2.05) is 19.1 Å². The number of nitrogens with zero attached hydrogens (tertiary/aromatic N) is 2. The lowest BCUT2D eigenvalue weighted by Gasteiger charge is -2.32. The Labute approximate surface area is 119 Å². The van der Waals surface area contributed by atoms with Crippen LogP contribution in [0.1, 0.15) is 12.5 Å². The number of aryl methyl sites for hydroxylation is 1. The van der Waals surface area contributed by atoms with Crippen LogP contribution < -0.4 is 10.6 Å². The van der Waals surface area contributed by atoms with Crippen LogP contribution in [0.5, 0.6) is 0 Å². The van der Waals surface area contributed by atoms with Crippen molar-refractivity contribution in [3.8, 4) is 0 Å². The molecule has 6 nitrogen and oxygen atoms in total. The van der Waals surface area contributed by atoms with Gasteiger partial charge in [-0.05, 0) is 25.5 Å². The van der Waals surface area contributed by atoms with E-state index in [1.54, 1.807) is 6.20 Å². The lowest BCUT2D eigenvalue weighted by molar-refractivity contribution is 0.0209. The van der Waals surface area contributed by atoms with E-state index >= 15 is 0 Å². The zero-order valence-corrected chi connectivity index (χ0v) is 12.1. The number of anilines is 1. The molecular weight excluding hydrogens is 256 g/mol. The number of rotatable bonds is 4. The number of nitrogens with one attached hydrogen (secondary N) is 2. The molecule has 1 aliphatic heterocycles. The number of urea groups is 1. The van der Waals surface area contributed by atoms with E-state index in [0.29, 0.717) is 18.4 Å². The fourth-order valence-electron chi connectivity index (χ4n) is 2.16. The van der Waals surface area contributed by atoms with Gasteiger partial charge in [0, 0.05) is 31.9 Å². The minimum Gasteiger partial charge on any atom is -0.379 e. The molecule has 20 heavy (non-hydrogen) atoms. The van der Waals surface area contributed by atoms with Crippen molar-refractivity contribution in [2.24, 2.45) is 0 Å². The van der Waals surface area contributed by atoms with Crippen molar-refractivity contribution < 1.29 is 9.53 Å². The number of hydrogen-bond donors (Lipinski definition) is 2. The summed E-state index contributed by atoms with van der Waals surface area (Å²) in [6.07, 6.45) is 1.67. The zero-order chi connectivity index (χ0) is 14.4. The van der Waals surface area contributed by atoms with E-state index in [-0.39, 0.29) is 6.03 Å². The lowest BCUT2D eigenvalue weighted by atomic mass is 10.2. The third-order valence-corrected chi connectivity index (χ3v) is 3.47. The Morgan fingerprint density at radius 1 is 1.50 bits per heavy atom. The highest BCUT2D eigenvalue weighted by atomic mass is 16.5. The van der Waals surface area contributed by atoms with Gasteiger partial charge in [-0.25, -0.2) is 9.78 Å². The molecule has 0 aromatic carbocycles. The highest BCUT2D eigenvalue weighted by molar-refractivity contribution is 5.88. The summed E-state index contributed by atoms with van der Waals surface area (Å²) in [4.78, 5) is 18.3. The SMILES string of the molecule is Cc1cccnc1NC(=O)NCC(C)N1CCOCC1. The molecule has 2 N–H and O–H groups in total. The molecule has 0 radical (unpaired) electrons. The number of ether oxygens (including phenoxy) is 1. The molecule has 110 valence electrons. The number of hydrogen-bond acceptors (Lipinski definition) is 4. The maximum absolute atomic E-state index is 11.8. The van der Waals surface area contributed by atoms with E-state index in [2.05, 4.69) is 27.4 Å². The highest BCUT2D eigenvalue weighted by Gasteiger charge is 2.17. The first-order valence-corrected chi connectivity index (χ1v) is 6.95. The summed E-state index contributed by atoms with van der Waals surface area (Å²) in [5, 5.41) is 5.65. The third-order valence-electron chi connectivity index (χ3n) is 3.47. The maximum Gasteiger partial charge on any atom is 0.320 e. The average Bonchev–Trinajstić information content (AvgIpc) is 2.48. The van der Waals surface area contributed by atoms with Crippen LogP contribution in [0.2, 0.25) is 0 Å². The molecule has 1 unspecified atom stereocenters. The summed E-state index contributed by atoms with van der Waals surface area (Å²) in [5.74, 6) is 0.601. The van der Waals surface area contributed by atoms with Crippen LogP contribution >= 0.6 is 0 Å². The minimum atomic E-state index is -0.216. The molecule has 2 amide bonds. The van der Waals surface area contributed by atoms with E-state index in [9.17, 15) is 4.79 Å². The standard InChI is InChI=1S/C14H22N4O2/c1-11-4-3-5-15-13(11)17-14(19)16-10-12(2)18-6-8-20-9-7-18/h3-5,12H,6-10H2,1-2H3,(H2,15,16,17,19). The van der Waals surface area contributed by atoms with E-state index in [0.717, 1.165) is 31.9 Å². The molecule has 6 heteroatoms. The molecular formula is C14H22N4O2. The fourth-order valence-corrected chi connectivity index (χ4v) is 2.16. The number of amides is 2. The van der Waals surface area contributed by atoms with Gasteiger partial charge >= 0.3 is 6.03 Å². The molecule has 1 aliphatic rings. The van der Waals surface area contributed by atoms with Gasteiger partial charge in [0.05, 0.1) is 13.2 Å². The van der Waals surface area contributed by atoms with Crippen molar-refractivity contribution in [1.29, 1.82) is 0 Å². The molecule has 2 heterocycles. The van der Waals surface area contributed by atoms with Crippen LogP contribution in [0.4, 0.5) is 10.6 Å². The van der Waals surface area contributed by atoms with Crippen LogP contribution in [-0.4, -0.2) is 54.8 Å². The second kappa shape index (κ2) is 7.21. The molecule has 2 rings (SSSR count). The summed E-state index contributed by atoms with van der Waals surface area (Å²) >= 11 is 0. The van der Waals surface area contributed by atoms with Gasteiger partial charge in [0.2, 0.25) is 0 Å². The van der Waals surface area contributed by atoms with Crippen LogP contribution in [0.3, 0.4) is 0 Å². The molecule has 0 spiro atoms. The van der Waals surface area contributed by atoms with Crippen molar-refractivity contribution in [2.75, 3.05) is 38.2 Å². The van der Waals surface area contributed by atoms with Gasteiger partial charge in [-0.1, -0.05) is 6.07 Å². The van der Waals surface area contributed by atoms with Gasteiger partial charge < -0.3 is 10.1 Å². The molecule has 1 atom stereocenters. The van der Waals surface area contributed by atoms with Crippen LogP contribution in [-0.2, 0) is 4.74 Å². The number of carbonyl (C=O) groups excluding carboxylic acids is 1. The van der Waals surface area contributed by atoms with E-state index in [4.69, 9.17) is 4.74 Å². The predicted molar refractivity (Wildman–Crippen MR) is 77.8 cm³/mol. The Kier molecular flexibility index (Phi) is 5.31. The number of morpholine rings is 1. The van der Waals surface area contributed by atoms with Crippen LogP contribution in [0.15, 0.2) is 18.3 Å². The first kappa shape index (κ1) is 14.7. The minimum absolute atomic E-state index is 0.216. The second-order valence-electron chi connectivity index (χ2n) is 5.00. The molecule has 0 bridgehead atoms. The second-order valence-corrected chi connectivity index (χ2v) is 5.00. The van der Waals surface area contributed by atoms with Crippen LogP contribution in [0, 0.1) is 6.92 Å². The highest BCUT2D eigenvalue weighted by Crippen LogP contribution is 2.08. The molecule has 1 aromatic heterocycles. The summed E-state index contributed by atoms with van der Waals surface area (Å²) in [6, 6.07) is 3.85. The molecule has 0 saturated carbocycles. The Hall–Kier alpha value is -1.66. The Balaban J connectivity index is 1.76. The topological polar surface area (TPSA) is 66.5 Å². The van der Waals surface area contributed by atoms with Gasteiger partial charge in [0.1, 0.15) is 5.82 Å². The smallest absolute Gasteiger partial charge is 0.320 e. The third kappa shape index (κ3) is 4.18. The Morgan fingerprint density at radius 2 is 2.25 bits per heavy atom. The lowest BCUT2D eigenvalue weighted by Crippen LogP contribution is -2.47.